The van der Waals surface area contributed by atoms with E-state index in [0.29, 0.717) is 6.04 Å². The van der Waals surface area contributed by atoms with Crippen LogP contribution in [-0.4, -0.2) is 0 Å². The topological polar surface area (TPSA) is 16.6 Å². The molecule has 0 aliphatic carbocycles. The van der Waals surface area contributed by atoms with Crippen molar-refractivity contribution in [1.29, 1.82) is 0 Å². The summed E-state index contributed by atoms with van der Waals surface area (Å²) in [6.07, 6.45) is 6.42. The third-order valence-corrected chi connectivity index (χ3v) is 3.64. The second kappa shape index (κ2) is 5.25. The van der Waals surface area contributed by atoms with Crippen molar-refractivity contribution in [2.24, 2.45) is 0 Å². The van der Waals surface area contributed by atoms with Gasteiger partial charge in [-0.3, -0.25) is 0 Å². The quantitative estimate of drug-likeness (QED) is 0.838. The predicted octanol–water partition coefficient (Wildman–Crippen LogP) is 3.43. The number of quaternary nitrogens is 1. The second-order valence-electron chi connectivity index (χ2n) is 4.95. The minimum Gasteiger partial charge on any atom is -0.310 e. The average Bonchev–Trinajstić information content (AvgIpc) is 2.49. The lowest BCUT2D eigenvalue weighted by Gasteiger charge is -2.17. The van der Waals surface area contributed by atoms with E-state index >= 15 is 0 Å². The lowest BCUT2D eigenvalue weighted by molar-refractivity contribution is -0.625. The molecule has 2 aromatic rings. The average molecular weight is 248 g/mol. The van der Waals surface area contributed by atoms with Crippen LogP contribution in [-0.2, 0) is 0 Å². The molecule has 1 heterocycles. The standard InChI is InChI=1S/C18H17N/c1-14-6-5-13-19-18(14)17-11-9-16(10-12-17)15-7-3-2-4-8-15/h2-13,18-19H,1H3/p+1. The molecule has 0 amide bonds. The van der Waals surface area contributed by atoms with Crippen LogP contribution < -0.4 is 5.32 Å². The van der Waals surface area contributed by atoms with Crippen LogP contribution >= 0.6 is 0 Å². The number of hydrogen-bond donors (Lipinski definition) is 1. The molecule has 0 saturated carbocycles. The highest BCUT2D eigenvalue weighted by Gasteiger charge is 2.17. The molecule has 1 aliphatic rings. The summed E-state index contributed by atoms with van der Waals surface area (Å²) in [7, 11) is 0. The Balaban J connectivity index is 1.88. The Labute approximate surface area is 114 Å². The van der Waals surface area contributed by atoms with Gasteiger partial charge in [-0.2, -0.15) is 0 Å². The Morgan fingerprint density at radius 2 is 1.53 bits per heavy atom. The third-order valence-electron chi connectivity index (χ3n) is 3.64. The summed E-state index contributed by atoms with van der Waals surface area (Å²) >= 11 is 0. The van der Waals surface area contributed by atoms with Gasteiger partial charge in [0.25, 0.3) is 0 Å². The maximum absolute atomic E-state index is 2.26. The predicted molar refractivity (Wildman–Crippen MR) is 79.4 cm³/mol. The first kappa shape index (κ1) is 11.9. The van der Waals surface area contributed by atoms with E-state index < -0.39 is 0 Å². The smallest absolute Gasteiger partial charge is 0.137 e. The molecular formula is C18H18N+. The summed E-state index contributed by atoms with van der Waals surface area (Å²) < 4.78 is 0. The highest BCUT2D eigenvalue weighted by molar-refractivity contribution is 5.63. The molecule has 19 heavy (non-hydrogen) atoms. The Hall–Kier alpha value is -2.12. The number of allylic oxidation sites excluding steroid dienone is 2. The monoisotopic (exact) mass is 248 g/mol. The van der Waals surface area contributed by atoms with Gasteiger partial charge in [0.05, 0.1) is 6.20 Å². The minimum absolute atomic E-state index is 0.426. The molecule has 3 rings (SSSR count). The highest BCUT2D eigenvalue weighted by atomic mass is 14.9. The Bertz CT molecular complexity index is 606. The summed E-state index contributed by atoms with van der Waals surface area (Å²) in [6.45, 7) is 2.19. The molecule has 1 atom stereocenters. The summed E-state index contributed by atoms with van der Waals surface area (Å²) in [6, 6.07) is 19.8. The summed E-state index contributed by atoms with van der Waals surface area (Å²) in [5, 5.41) is 2.26. The molecule has 0 spiro atoms. The van der Waals surface area contributed by atoms with Crippen molar-refractivity contribution in [3.63, 3.8) is 0 Å². The zero-order chi connectivity index (χ0) is 13.1. The van der Waals surface area contributed by atoms with Crippen LogP contribution in [0.4, 0.5) is 0 Å². The van der Waals surface area contributed by atoms with Gasteiger partial charge in [0, 0.05) is 5.56 Å². The normalized spacial score (nSPS) is 18.2. The fourth-order valence-corrected chi connectivity index (χ4v) is 2.53. The maximum Gasteiger partial charge on any atom is 0.137 e. The van der Waals surface area contributed by atoms with Crippen LogP contribution in [0.5, 0.6) is 0 Å². The van der Waals surface area contributed by atoms with E-state index in [1.165, 1.54) is 22.3 Å². The zero-order valence-electron chi connectivity index (χ0n) is 11.1. The molecule has 1 heteroatoms. The van der Waals surface area contributed by atoms with Crippen molar-refractivity contribution in [1.82, 2.24) is 0 Å². The van der Waals surface area contributed by atoms with E-state index in [-0.39, 0.29) is 0 Å². The molecule has 0 bridgehead atoms. The van der Waals surface area contributed by atoms with Crippen molar-refractivity contribution in [3.05, 3.63) is 84.1 Å². The third kappa shape index (κ3) is 2.51. The van der Waals surface area contributed by atoms with E-state index in [4.69, 9.17) is 0 Å². The van der Waals surface area contributed by atoms with Crippen molar-refractivity contribution < 1.29 is 5.32 Å². The number of benzene rings is 2. The largest absolute Gasteiger partial charge is 0.310 e. The summed E-state index contributed by atoms with van der Waals surface area (Å²) in [5.74, 6) is 0. The summed E-state index contributed by atoms with van der Waals surface area (Å²) in [5.41, 5.74) is 5.30. The minimum atomic E-state index is 0.426. The lowest BCUT2D eigenvalue weighted by atomic mass is 9.96. The first-order chi connectivity index (χ1) is 9.34. The Kier molecular flexibility index (Phi) is 3.30. The van der Waals surface area contributed by atoms with E-state index in [1.54, 1.807) is 0 Å². The van der Waals surface area contributed by atoms with Gasteiger partial charge in [-0.25, -0.2) is 0 Å². The molecule has 0 fully saturated rings. The number of rotatable bonds is 2. The zero-order valence-corrected chi connectivity index (χ0v) is 11.1. The van der Waals surface area contributed by atoms with Gasteiger partial charge in [0.15, 0.2) is 0 Å². The maximum atomic E-state index is 2.26. The molecule has 1 unspecified atom stereocenters. The van der Waals surface area contributed by atoms with Gasteiger partial charge in [-0.05, 0) is 29.7 Å². The van der Waals surface area contributed by atoms with Gasteiger partial charge in [-0.1, -0.05) is 60.7 Å². The fourth-order valence-electron chi connectivity index (χ4n) is 2.53. The van der Waals surface area contributed by atoms with Crippen molar-refractivity contribution in [3.8, 4) is 11.1 Å². The Morgan fingerprint density at radius 1 is 0.842 bits per heavy atom. The molecule has 0 aromatic heterocycles. The van der Waals surface area contributed by atoms with E-state index in [1.807, 2.05) is 0 Å². The van der Waals surface area contributed by atoms with Gasteiger partial charge in [0.2, 0.25) is 0 Å². The van der Waals surface area contributed by atoms with Crippen LogP contribution in [0.25, 0.3) is 11.1 Å². The molecule has 0 radical (unpaired) electrons. The van der Waals surface area contributed by atoms with E-state index in [9.17, 15) is 0 Å². The van der Waals surface area contributed by atoms with Gasteiger partial charge in [0.1, 0.15) is 6.04 Å². The van der Waals surface area contributed by atoms with Crippen LogP contribution in [0.15, 0.2) is 78.5 Å². The van der Waals surface area contributed by atoms with E-state index in [2.05, 4.69) is 85.2 Å². The van der Waals surface area contributed by atoms with E-state index in [0.717, 1.165) is 0 Å². The second-order valence-corrected chi connectivity index (χ2v) is 4.95. The SMILES string of the molecule is CC1=CC=C[NH2+]C1c1ccc(-c2ccccc2)cc1. The molecule has 2 N–H and O–H groups in total. The van der Waals surface area contributed by atoms with Gasteiger partial charge < -0.3 is 5.32 Å². The molecule has 1 nitrogen and oxygen atoms in total. The number of nitrogens with two attached hydrogens (primary N) is 1. The highest BCUT2D eigenvalue weighted by Crippen LogP contribution is 2.24. The molecule has 94 valence electrons. The first-order valence-electron chi connectivity index (χ1n) is 6.68. The Morgan fingerprint density at radius 3 is 2.21 bits per heavy atom. The first-order valence-corrected chi connectivity index (χ1v) is 6.68. The van der Waals surface area contributed by atoms with Gasteiger partial charge in [-0.15, -0.1) is 0 Å². The van der Waals surface area contributed by atoms with Crippen LogP contribution in [0.2, 0.25) is 0 Å². The van der Waals surface area contributed by atoms with Crippen LogP contribution in [0.3, 0.4) is 0 Å². The van der Waals surface area contributed by atoms with Gasteiger partial charge >= 0.3 is 0 Å². The number of hydrogen-bond acceptors (Lipinski definition) is 0. The lowest BCUT2D eigenvalue weighted by Crippen LogP contribution is -2.80. The molecule has 0 saturated heterocycles. The van der Waals surface area contributed by atoms with Crippen molar-refractivity contribution >= 4 is 0 Å². The summed E-state index contributed by atoms with van der Waals surface area (Å²) in [4.78, 5) is 0. The van der Waals surface area contributed by atoms with Crippen molar-refractivity contribution in [2.45, 2.75) is 13.0 Å². The van der Waals surface area contributed by atoms with Crippen LogP contribution in [0, 0.1) is 0 Å². The molecular weight excluding hydrogens is 230 g/mol. The molecule has 1 aliphatic heterocycles. The van der Waals surface area contributed by atoms with Crippen molar-refractivity contribution in [2.75, 3.05) is 0 Å². The fraction of sp³-hybridized carbons (Fsp3) is 0.111. The van der Waals surface area contributed by atoms with Crippen LogP contribution in [0.1, 0.15) is 18.5 Å². The molecule has 2 aromatic carbocycles.